The first kappa shape index (κ1) is 26.8. The summed E-state index contributed by atoms with van der Waals surface area (Å²) in [5, 5.41) is 3.91. The first-order valence-electron chi connectivity index (χ1n) is 10.2. The number of rotatable bonds is 6. The Hall–Kier alpha value is -2.25. The van der Waals surface area contributed by atoms with Crippen LogP contribution in [0.5, 0.6) is 11.5 Å². The second-order valence-electron chi connectivity index (χ2n) is 7.46. The Morgan fingerprint density at radius 1 is 1.08 bits per heavy atom. The van der Waals surface area contributed by atoms with E-state index in [1.165, 1.54) is 19.2 Å². The van der Waals surface area contributed by atoms with E-state index < -0.39 is 10.1 Å². The molecule has 1 aliphatic rings. The van der Waals surface area contributed by atoms with Crippen molar-refractivity contribution in [2.75, 3.05) is 7.11 Å². The maximum absolute atomic E-state index is 12.8. The first-order valence-corrected chi connectivity index (χ1v) is 14.2. The van der Waals surface area contributed by atoms with Crippen LogP contribution < -0.4 is 14.2 Å². The molecule has 1 aliphatic heterocycles. The number of hydrogen-bond donors (Lipinski definition) is 1. The molecular weight excluding hydrogens is 658 g/mol. The van der Waals surface area contributed by atoms with Gasteiger partial charge in [0.25, 0.3) is 5.91 Å². The number of halogens is 3. The fraction of sp³-hybridized carbons (Fsp3) is 0.0833. The molecule has 0 unspecified atom stereocenters. The van der Waals surface area contributed by atoms with Crippen molar-refractivity contribution in [1.82, 2.24) is 5.32 Å². The van der Waals surface area contributed by atoms with Crippen LogP contribution >= 0.6 is 57.6 Å². The molecule has 0 bridgehead atoms. The van der Waals surface area contributed by atoms with Crippen LogP contribution in [0.25, 0.3) is 6.08 Å². The molecule has 1 saturated heterocycles. The fourth-order valence-electron chi connectivity index (χ4n) is 3.08. The van der Waals surface area contributed by atoms with Crippen molar-refractivity contribution in [3.05, 3.63) is 84.2 Å². The van der Waals surface area contributed by atoms with Crippen molar-refractivity contribution in [2.45, 2.75) is 11.8 Å². The number of aliphatic imine (C=N–C) groups is 1. The Morgan fingerprint density at radius 2 is 1.81 bits per heavy atom. The molecule has 1 heterocycles. The number of nitrogens with zero attached hydrogens (tertiary/aromatic N) is 1. The van der Waals surface area contributed by atoms with Gasteiger partial charge in [-0.2, -0.15) is 8.42 Å². The largest absolute Gasteiger partial charge is 0.493 e. The van der Waals surface area contributed by atoms with Crippen molar-refractivity contribution in [2.24, 2.45) is 4.99 Å². The normalized spacial score (nSPS) is 15.9. The quantitative estimate of drug-likeness (QED) is 0.181. The SMILES string of the molecule is COc1cc(/C=C2/SC(=Nc3cc(Cl)ccc3Cl)NC2=O)cc(I)c1OS(=O)(=O)c1ccc(C)cc1. The number of ether oxygens (including phenoxy) is 1. The predicted molar refractivity (Wildman–Crippen MR) is 152 cm³/mol. The maximum atomic E-state index is 12.8. The lowest BCUT2D eigenvalue weighted by Crippen LogP contribution is -2.19. The number of carbonyl (C=O) groups is 1. The summed E-state index contributed by atoms with van der Waals surface area (Å²) < 4.78 is 36.9. The molecule has 36 heavy (non-hydrogen) atoms. The summed E-state index contributed by atoms with van der Waals surface area (Å²) in [4.78, 5) is 17.3. The summed E-state index contributed by atoms with van der Waals surface area (Å²) >= 11 is 15.3. The highest BCUT2D eigenvalue weighted by atomic mass is 127. The molecular formula is C24H17Cl2IN2O5S2. The number of carbonyl (C=O) groups excluding carboxylic acids is 1. The topological polar surface area (TPSA) is 94.1 Å². The number of methoxy groups -OCH3 is 1. The molecule has 0 saturated carbocycles. The summed E-state index contributed by atoms with van der Waals surface area (Å²) in [6, 6.07) is 14.5. The van der Waals surface area contributed by atoms with E-state index in [-0.39, 0.29) is 22.3 Å². The number of amides is 1. The summed E-state index contributed by atoms with van der Waals surface area (Å²) in [7, 11) is -2.67. The average molecular weight is 675 g/mol. The molecule has 0 aromatic heterocycles. The van der Waals surface area contributed by atoms with E-state index >= 15 is 0 Å². The summed E-state index contributed by atoms with van der Waals surface area (Å²) in [5.41, 5.74) is 1.97. The molecule has 0 radical (unpaired) electrons. The number of hydrogen-bond acceptors (Lipinski definition) is 7. The Morgan fingerprint density at radius 3 is 2.50 bits per heavy atom. The van der Waals surface area contributed by atoms with E-state index in [0.29, 0.717) is 34.9 Å². The summed E-state index contributed by atoms with van der Waals surface area (Å²) in [6.45, 7) is 1.86. The predicted octanol–water partition coefficient (Wildman–Crippen LogP) is 6.57. The zero-order valence-corrected chi connectivity index (χ0v) is 24.0. The van der Waals surface area contributed by atoms with Crippen LogP contribution in [0.1, 0.15) is 11.1 Å². The van der Waals surface area contributed by atoms with Gasteiger partial charge in [-0.3, -0.25) is 4.79 Å². The standard InChI is InChI=1S/C24H17Cl2IN2O5S2/c1-13-3-6-16(7-4-13)36(31,32)34-22-18(27)9-14(10-20(22)33-2)11-21-23(30)29-24(35-21)28-19-12-15(25)5-8-17(19)26/h3-12H,1-2H3,(H,28,29,30)/b21-11+. The van der Waals surface area contributed by atoms with Gasteiger partial charge in [-0.05, 0) is 95.4 Å². The van der Waals surface area contributed by atoms with Crippen molar-refractivity contribution < 1.29 is 22.1 Å². The van der Waals surface area contributed by atoms with Gasteiger partial charge in [-0.15, -0.1) is 0 Å². The molecule has 12 heteroatoms. The molecule has 1 amide bonds. The van der Waals surface area contributed by atoms with Crippen LogP contribution in [0.3, 0.4) is 0 Å². The van der Waals surface area contributed by atoms with E-state index in [2.05, 4.69) is 10.3 Å². The third-order valence-electron chi connectivity index (χ3n) is 4.83. The number of aryl methyl sites for hydroxylation is 1. The lowest BCUT2D eigenvalue weighted by atomic mass is 10.2. The summed E-state index contributed by atoms with van der Waals surface area (Å²) in [5.74, 6) is -0.0807. The van der Waals surface area contributed by atoms with Crippen LogP contribution in [0.2, 0.25) is 10.0 Å². The first-order chi connectivity index (χ1) is 17.1. The number of amidine groups is 1. The average Bonchev–Trinajstić information content (AvgIpc) is 3.16. The molecule has 4 rings (SSSR count). The third kappa shape index (κ3) is 6.17. The van der Waals surface area contributed by atoms with Crippen LogP contribution in [0.15, 0.2) is 69.4 Å². The highest BCUT2D eigenvalue weighted by molar-refractivity contribution is 14.1. The molecule has 3 aromatic rings. The molecule has 0 spiro atoms. The second-order valence-corrected chi connectivity index (χ2v) is 12.0. The number of benzene rings is 3. The smallest absolute Gasteiger partial charge is 0.339 e. The molecule has 1 fully saturated rings. The Balaban J connectivity index is 1.61. The highest BCUT2D eigenvalue weighted by Crippen LogP contribution is 2.38. The Bertz CT molecular complexity index is 1520. The minimum Gasteiger partial charge on any atom is -0.493 e. The lowest BCUT2D eigenvalue weighted by molar-refractivity contribution is -0.115. The van der Waals surface area contributed by atoms with Gasteiger partial charge in [0.15, 0.2) is 16.7 Å². The minimum absolute atomic E-state index is 0.0304. The molecule has 1 N–H and O–H groups in total. The summed E-state index contributed by atoms with van der Waals surface area (Å²) in [6.07, 6.45) is 1.64. The van der Waals surface area contributed by atoms with Gasteiger partial charge in [0, 0.05) is 5.02 Å². The van der Waals surface area contributed by atoms with Gasteiger partial charge >= 0.3 is 10.1 Å². The Labute approximate surface area is 236 Å². The lowest BCUT2D eigenvalue weighted by Gasteiger charge is -2.13. The van der Waals surface area contributed by atoms with Crippen LogP contribution in [0, 0.1) is 10.5 Å². The number of thioether (sulfide) groups is 1. The van der Waals surface area contributed by atoms with E-state index in [4.69, 9.17) is 32.1 Å². The zero-order valence-electron chi connectivity index (χ0n) is 18.7. The van der Waals surface area contributed by atoms with E-state index in [1.807, 2.05) is 29.5 Å². The van der Waals surface area contributed by atoms with Gasteiger partial charge in [-0.25, -0.2) is 4.99 Å². The van der Waals surface area contributed by atoms with Crippen molar-refractivity contribution >= 4 is 90.5 Å². The second kappa shape index (κ2) is 11.0. The van der Waals surface area contributed by atoms with Gasteiger partial charge in [-0.1, -0.05) is 40.9 Å². The van der Waals surface area contributed by atoms with E-state index in [9.17, 15) is 13.2 Å². The molecule has 0 aliphatic carbocycles. The molecule has 7 nitrogen and oxygen atoms in total. The van der Waals surface area contributed by atoms with Crippen LogP contribution in [-0.2, 0) is 14.9 Å². The van der Waals surface area contributed by atoms with Crippen LogP contribution in [-0.4, -0.2) is 26.6 Å². The van der Waals surface area contributed by atoms with Crippen molar-refractivity contribution in [1.29, 1.82) is 0 Å². The number of nitrogens with one attached hydrogen (secondary N) is 1. The molecule has 186 valence electrons. The third-order valence-corrected chi connectivity index (χ3v) is 8.33. The van der Waals surface area contributed by atoms with Gasteiger partial charge in [0.2, 0.25) is 0 Å². The van der Waals surface area contributed by atoms with Gasteiger partial charge in [0.05, 0.1) is 26.3 Å². The van der Waals surface area contributed by atoms with Crippen LogP contribution in [0.4, 0.5) is 5.69 Å². The van der Waals surface area contributed by atoms with Gasteiger partial charge in [0.1, 0.15) is 4.90 Å². The monoisotopic (exact) mass is 674 g/mol. The maximum Gasteiger partial charge on any atom is 0.339 e. The fourth-order valence-corrected chi connectivity index (χ4v) is 6.08. The van der Waals surface area contributed by atoms with Crippen molar-refractivity contribution in [3.63, 3.8) is 0 Å². The molecule has 3 aromatic carbocycles. The molecule has 0 atom stereocenters. The zero-order chi connectivity index (χ0) is 26.0. The minimum atomic E-state index is -4.08. The van der Waals surface area contributed by atoms with E-state index in [1.54, 1.807) is 48.5 Å². The Kier molecular flexibility index (Phi) is 8.20. The highest BCUT2D eigenvalue weighted by Gasteiger charge is 2.26. The van der Waals surface area contributed by atoms with Gasteiger partial charge < -0.3 is 14.2 Å². The van der Waals surface area contributed by atoms with E-state index in [0.717, 1.165) is 17.3 Å². The van der Waals surface area contributed by atoms with Crippen molar-refractivity contribution in [3.8, 4) is 11.5 Å².